The minimum Gasteiger partial charge on any atom is -0.496 e. The maximum Gasteiger partial charge on any atom is 0.122 e. The number of benzene rings is 1. The molecule has 0 atom stereocenters. The monoisotopic (exact) mass is 259 g/mol. The number of hydrogen-bond donors (Lipinski definition) is 1. The summed E-state index contributed by atoms with van der Waals surface area (Å²) in [6.07, 6.45) is 2.88. The first-order valence-corrected chi connectivity index (χ1v) is 6.45. The SMILES string of the molecule is COc1cc(C)c(-c2nn(C)cc2CCN)cc1C. The molecule has 0 spiro atoms. The van der Waals surface area contributed by atoms with Gasteiger partial charge in [0.05, 0.1) is 12.8 Å². The lowest BCUT2D eigenvalue weighted by Crippen LogP contribution is -2.03. The second-order valence-electron chi connectivity index (χ2n) is 4.85. The van der Waals surface area contributed by atoms with E-state index in [9.17, 15) is 0 Å². The van der Waals surface area contributed by atoms with Crippen LogP contribution in [0.15, 0.2) is 18.3 Å². The molecule has 4 heteroatoms. The number of aromatic nitrogens is 2. The van der Waals surface area contributed by atoms with Gasteiger partial charge in [0.15, 0.2) is 0 Å². The molecule has 0 unspecified atom stereocenters. The molecule has 0 aliphatic rings. The molecule has 0 aliphatic carbocycles. The lowest BCUT2D eigenvalue weighted by Gasteiger charge is -2.11. The fourth-order valence-electron chi connectivity index (χ4n) is 2.37. The highest BCUT2D eigenvalue weighted by Gasteiger charge is 2.13. The topological polar surface area (TPSA) is 53.1 Å². The Kier molecular flexibility index (Phi) is 3.90. The highest BCUT2D eigenvalue weighted by molar-refractivity contribution is 5.69. The van der Waals surface area contributed by atoms with E-state index >= 15 is 0 Å². The average Bonchev–Trinajstić information content (AvgIpc) is 2.73. The van der Waals surface area contributed by atoms with Crippen molar-refractivity contribution >= 4 is 0 Å². The highest BCUT2D eigenvalue weighted by atomic mass is 16.5. The van der Waals surface area contributed by atoms with Crippen LogP contribution in [0, 0.1) is 13.8 Å². The predicted molar refractivity (Wildman–Crippen MR) is 77.4 cm³/mol. The Bertz CT molecular complexity index is 587. The first kappa shape index (κ1) is 13.6. The fraction of sp³-hybridized carbons (Fsp3) is 0.400. The fourth-order valence-corrected chi connectivity index (χ4v) is 2.37. The number of methoxy groups -OCH3 is 1. The molecule has 0 amide bonds. The Hall–Kier alpha value is -1.81. The third kappa shape index (κ3) is 2.63. The molecule has 4 nitrogen and oxygen atoms in total. The summed E-state index contributed by atoms with van der Waals surface area (Å²) < 4.78 is 7.20. The third-order valence-electron chi connectivity index (χ3n) is 3.32. The lowest BCUT2D eigenvalue weighted by atomic mass is 9.98. The van der Waals surface area contributed by atoms with Crippen molar-refractivity contribution in [3.8, 4) is 17.0 Å². The molecule has 0 saturated heterocycles. The Balaban J connectivity index is 2.55. The molecule has 1 heterocycles. The molecule has 2 rings (SSSR count). The van der Waals surface area contributed by atoms with Crippen LogP contribution in [0.25, 0.3) is 11.3 Å². The van der Waals surface area contributed by atoms with Crippen molar-refractivity contribution in [1.82, 2.24) is 9.78 Å². The van der Waals surface area contributed by atoms with Crippen LogP contribution in [0.2, 0.25) is 0 Å². The largest absolute Gasteiger partial charge is 0.496 e. The number of nitrogens with zero attached hydrogens (tertiary/aromatic N) is 2. The molecule has 19 heavy (non-hydrogen) atoms. The minimum atomic E-state index is 0.632. The quantitative estimate of drug-likeness (QED) is 0.916. The van der Waals surface area contributed by atoms with Crippen LogP contribution >= 0.6 is 0 Å². The van der Waals surface area contributed by atoms with Crippen molar-refractivity contribution in [3.63, 3.8) is 0 Å². The van der Waals surface area contributed by atoms with Gasteiger partial charge in [0.1, 0.15) is 5.75 Å². The molecule has 0 saturated carbocycles. The summed E-state index contributed by atoms with van der Waals surface area (Å²) in [6.45, 7) is 4.76. The van der Waals surface area contributed by atoms with Crippen LogP contribution in [-0.4, -0.2) is 23.4 Å². The Morgan fingerprint density at radius 3 is 2.63 bits per heavy atom. The van der Waals surface area contributed by atoms with Gasteiger partial charge in [0.2, 0.25) is 0 Å². The summed E-state index contributed by atoms with van der Waals surface area (Å²) in [6, 6.07) is 4.20. The smallest absolute Gasteiger partial charge is 0.122 e. The van der Waals surface area contributed by atoms with Gasteiger partial charge in [-0.1, -0.05) is 0 Å². The van der Waals surface area contributed by atoms with Gasteiger partial charge in [0, 0.05) is 18.8 Å². The lowest BCUT2D eigenvalue weighted by molar-refractivity contribution is 0.411. The van der Waals surface area contributed by atoms with Crippen molar-refractivity contribution in [1.29, 1.82) is 0 Å². The standard InChI is InChI=1S/C15H21N3O/c1-10-8-14(19-4)11(2)7-13(10)15-12(5-6-16)9-18(3)17-15/h7-9H,5-6,16H2,1-4H3. The van der Waals surface area contributed by atoms with Crippen LogP contribution in [0.5, 0.6) is 5.75 Å². The van der Waals surface area contributed by atoms with Crippen LogP contribution in [0.1, 0.15) is 16.7 Å². The van der Waals surface area contributed by atoms with Crippen LogP contribution in [-0.2, 0) is 13.5 Å². The van der Waals surface area contributed by atoms with Gasteiger partial charge in [0.25, 0.3) is 0 Å². The molecule has 0 bridgehead atoms. The van der Waals surface area contributed by atoms with Crippen LogP contribution < -0.4 is 10.5 Å². The summed E-state index contributed by atoms with van der Waals surface area (Å²) in [5.41, 5.74) is 11.3. The van der Waals surface area contributed by atoms with Gasteiger partial charge in [-0.25, -0.2) is 0 Å². The van der Waals surface area contributed by atoms with Gasteiger partial charge in [-0.3, -0.25) is 4.68 Å². The normalized spacial score (nSPS) is 10.8. The Morgan fingerprint density at radius 1 is 1.26 bits per heavy atom. The Labute approximate surface area is 114 Å². The van der Waals surface area contributed by atoms with Gasteiger partial charge < -0.3 is 10.5 Å². The summed E-state index contributed by atoms with van der Waals surface area (Å²) in [5, 5.41) is 4.58. The van der Waals surface area contributed by atoms with E-state index in [0.717, 1.165) is 29.0 Å². The summed E-state index contributed by atoms with van der Waals surface area (Å²) in [5.74, 6) is 0.914. The zero-order valence-electron chi connectivity index (χ0n) is 12.0. The maximum atomic E-state index is 5.67. The first-order valence-electron chi connectivity index (χ1n) is 6.45. The Morgan fingerprint density at radius 2 is 2.00 bits per heavy atom. The van der Waals surface area contributed by atoms with Gasteiger partial charge >= 0.3 is 0 Å². The number of ether oxygens (including phenoxy) is 1. The molecule has 0 radical (unpaired) electrons. The molecular weight excluding hydrogens is 238 g/mol. The van der Waals surface area contributed by atoms with Gasteiger partial charge in [-0.05, 0) is 55.6 Å². The van der Waals surface area contributed by atoms with E-state index in [1.54, 1.807) is 7.11 Å². The van der Waals surface area contributed by atoms with Gasteiger partial charge in [-0.2, -0.15) is 5.10 Å². The van der Waals surface area contributed by atoms with Crippen LogP contribution in [0.4, 0.5) is 0 Å². The van der Waals surface area contributed by atoms with Crippen molar-refractivity contribution in [2.24, 2.45) is 12.8 Å². The molecule has 1 aromatic carbocycles. The average molecular weight is 259 g/mol. The molecule has 0 aliphatic heterocycles. The van der Waals surface area contributed by atoms with Crippen molar-refractivity contribution < 1.29 is 4.74 Å². The van der Waals surface area contributed by atoms with Crippen molar-refractivity contribution in [2.45, 2.75) is 20.3 Å². The van der Waals surface area contributed by atoms with E-state index in [-0.39, 0.29) is 0 Å². The number of aryl methyl sites for hydroxylation is 3. The van der Waals surface area contributed by atoms with E-state index in [1.807, 2.05) is 24.9 Å². The summed E-state index contributed by atoms with van der Waals surface area (Å²) >= 11 is 0. The van der Waals surface area contributed by atoms with Gasteiger partial charge in [-0.15, -0.1) is 0 Å². The third-order valence-corrected chi connectivity index (χ3v) is 3.32. The summed E-state index contributed by atoms with van der Waals surface area (Å²) in [7, 11) is 3.64. The molecule has 1 aromatic heterocycles. The number of hydrogen-bond acceptors (Lipinski definition) is 3. The molecule has 0 fully saturated rings. The highest BCUT2D eigenvalue weighted by Crippen LogP contribution is 2.31. The molecular formula is C15H21N3O. The van der Waals surface area contributed by atoms with E-state index in [4.69, 9.17) is 10.5 Å². The second kappa shape index (κ2) is 5.45. The van der Waals surface area contributed by atoms with E-state index < -0.39 is 0 Å². The molecule has 102 valence electrons. The van der Waals surface area contributed by atoms with Crippen molar-refractivity contribution in [2.75, 3.05) is 13.7 Å². The number of nitrogens with two attached hydrogens (primary N) is 1. The van der Waals surface area contributed by atoms with Crippen molar-refractivity contribution in [3.05, 3.63) is 35.0 Å². The van der Waals surface area contributed by atoms with Crippen LogP contribution in [0.3, 0.4) is 0 Å². The maximum absolute atomic E-state index is 5.67. The summed E-state index contributed by atoms with van der Waals surface area (Å²) in [4.78, 5) is 0. The first-order chi connectivity index (χ1) is 9.06. The van der Waals surface area contributed by atoms with E-state index in [0.29, 0.717) is 6.54 Å². The minimum absolute atomic E-state index is 0.632. The van der Waals surface area contributed by atoms with E-state index in [1.165, 1.54) is 11.1 Å². The predicted octanol–water partition coefficient (Wildman–Crippen LogP) is 2.21. The van der Waals surface area contributed by atoms with E-state index in [2.05, 4.69) is 24.2 Å². The number of rotatable bonds is 4. The zero-order chi connectivity index (χ0) is 14.0. The molecule has 2 N–H and O–H groups in total. The molecule has 2 aromatic rings. The zero-order valence-corrected chi connectivity index (χ0v) is 12.0. The second-order valence-corrected chi connectivity index (χ2v) is 4.85.